The van der Waals surface area contributed by atoms with Crippen molar-refractivity contribution in [2.24, 2.45) is 0 Å². The molecule has 0 atom stereocenters. The summed E-state index contributed by atoms with van der Waals surface area (Å²) >= 11 is 0. The highest BCUT2D eigenvalue weighted by Crippen LogP contribution is 2.25. The van der Waals surface area contributed by atoms with Gasteiger partial charge < -0.3 is 16.2 Å². The molecule has 0 bridgehead atoms. The molecule has 21 heavy (non-hydrogen) atoms. The normalized spacial score (nSPS) is 10.6. The van der Waals surface area contributed by atoms with Crippen LogP contribution in [0, 0.1) is 0 Å². The number of rotatable bonds is 6. The van der Waals surface area contributed by atoms with Crippen LogP contribution in [0.1, 0.15) is 36.6 Å². The molecule has 0 saturated heterocycles. The third-order valence-corrected chi connectivity index (χ3v) is 3.47. The van der Waals surface area contributed by atoms with E-state index in [1.807, 2.05) is 24.3 Å². The number of para-hydroxylation sites is 1. The number of methoxy groups -OCH3 is 1. The van der Waals surface area contributed by atoms with E-state index in [0.717, 1.165) is 41.8 Å². The van der Waals surface area contributed by atoms with Crippen molar-refractivity contribution in [2.45, 2.75) is 32.6 Å². The lowest BCUT2D eigenvalue weighted by Crippen LogP contribution is -2.10. The third kappa shape index (κ3) is 3.62. The van der Waals surface area contributed by atoms with Crippen LogP contribution in [0.25, 0.3) is 0 Å². The van der Waals surface area contributed by atoms with E-state index in [4.69, 9.17) is 16.2 Å². The van der Waals surface area contributed by atoms with E-state index in [9.17, 15) is 0 Å². The van der Waals surface area contributed by atoms with Gasteiger partial charge in [-0.05, 0) is 24.5 Å². The molecule has 0 aliphatic carbocycles. The van der Waals surface area contributed by atoms with Crippen molar-refractivity contribution < 1.29 is 4.74 Å². The Labute approximate surface area is 125 Å². The van der Waals surface area contributed by atoms with E-state index in [2.05, 4.69) is 16.9 Å². The van der Waals surface area contributed by atoms with Crippen molar-refractivity contribution in [3.63, 3.8) is 0 Å². The summed E-state index contributed by atoms with van der Waals surface area (Å²) in [6, 6.07) is 7.90. The number of aryl methyl sites for hydroxylation is 1. The Hall–Kier alpha value is -2.30. The molecular formula is C16H22N4O. The number of nitrogens with zero attached hydrogens (tertiary/aromatic N) is 2. The molecule has 0 spiro atoms. The number of benzene rings is 1. The molecule has 1 aromatic heterocycles. The number of nitrogen functional groups attached to an aromatic ring is 2. The van der Waals surface area contributed by atoms with E-state index < -0.39 is 0 Å². The summed E-state index contributed by atoms with van der Waals surface area (Å²) in [5.41, 5.74) is 14.7. The molecule has 0 radical (unpaired) electrons. The number of nitrogens with two attached hydrogens (primary N) is 2. The van der Waals surface area contributed by atoms with Crippen LogP contribution in [0.15, 0.2) is 24.3 Å². The van der Waals surface area contributed by atoms with Gasteiger partial charge in [0.2, 0.25) is 5.95 Å². The van der Waals surface area contributed by atoms with E-state index in [-0.39, 0.29) is 5.95 Å². The van der Waals surface area contributed by atoms with Gasteiger partial charge in [-0.1, -0.05) is 31.5 Å². The number of ether oxygens (including phenoxy) is 1. The first kappa shape index (κ1) is 15.1. The second-order valence-electron chi connectivity index (χ2n) is 4.98. The van der Waals surface area contributed by atoms with Gasteiger partial charge in [0.1, 0.15) is 11.6 Å². The van der Waals surface area contributed by atoms with Crippen molar-refractivity contribution in [1.82, 2.24) is 9.97 Å². The molecule has 2 aromatic rings. The average Bonchev–Trinajstić information content (AvgIpc) is 2.48. The average molecular weight is 286 g/mol. The summed E-state index contributed by atoms with van der Waals surface area (Å²) in [6.45, 7) is 2.15. The molecule has 5 nitrogen and oxygen atoms in total. The molecule has 1 aromatic carbocycles. The van der Waals surface area contributed by atoms with Gasteiger partial charge in [0.25, 0.3) is 0 Å². The van der Waals surface area contributed by atoms with Crippen LogP contribution in [-0.4, -0.2) is 17.1 Å². The second kappa shape index (κ2) is 6.92. The lowest BCUT2D eigenvalue weighted by Gasteiger charge is -2.13. The smallest absolute Gasteiger partial charge is 0.222 e. The molecule has 0 fully saturated rings. The van der Waals surface area contributed by atoms with E-state index in [0.29, 0.717) is 12.2 Å². The maximum atomic E-state index is 6.06. The van der Waals surface area contributed by atoms with Gasteiger partial charge in [-0.15, -0.1) is 0 Å². The van der Waals surface area contributed by atoms with Crippen molar-refractivity contribution in [2.75, 3.05) is 18.6 Å². The van der Waals surface area contributed by atoms with Gasteiger partial charge in [0, 0.05) is 12.0 Å². The maximum Gasteiger partial charge on any atom is 0.222 e. The summed E-state index contributed by atoms with van der Waals surface area (Å²) in [4.78, 5) is 8.47. The lowest BCUT2D eigenvalue weighted by molar-refractivity contribution is 0.410. The topological polar surface area (TPSA) is 87.0 Å². The minimum Gasteiger partial charge on any atom is -0.496 e. The largest absolute Gasteiger partial charge is 0.496 e. The number of hydrogen-bond donors (Lipinski definition) is 2. The summed E-state index contributed by atoms with van der Waals surface area (Å²) < 4.78 is 5.40. The maximum absolute atomic E-state index is 6.06. The summed E-state index contributed by atoms with van der Waals surface area (Å²) in [5.74, 6) is 1.54. The Balaban J connectivity index is 2.38. The Morgan fingerprint density at radius 1 is 1.14 bits per heavy atom. The standard InChI is InChI=1S/C16H22N4O/c1-3-4-8-13-12(15(17)20-16(18)19-13)10-11-7-5-6-9-14(11)21-2/h5-7,9H,3-4,8,10H2,1-2H3,(H4,17,18,19,20). The van der Waals surface area contributed by atoms with Crippen LogP contribution in [0.3, 0.4) is 0 Å². The minimum atomic E-state index is 0.238. The highest BCUT2D eigenvalue weighted by molar-refractivity contribution is 5.50. The predicted octanol–water partition coefficient (Wildman–Crippen LogP) is 2.58. The lowest BCUT2D eigenvalue weighted by atomic mass is 10.0. The molecule has 0 amide bonds. The Morgan fingerprint density at radius 2 is 1.90 bits per heavy atom. The van der Waals surface area contributed by atoms with Gasteiger partial charge in [0.05, 0.1) is 12.8 Å². The molecule has 0 aliphatic heterocycles. The van der Waals surface area contributed by atoms with Crippen LogP contribution < -0.4 is 16.2 Å². The first-order valence-electron chi connectivity index (χ1n) is 7.18. The summed E-state index contributed by atoms with van der Waals surface area (Å²) in [6.07, 6.45) is 3.65. The molecular weight excluding hydrogens is 264 g/mol. The van der Waals surface area contributed by atoms with E-state index in [1.54, 1.807) is 7.11 Å². The molecule has 2 rings (SSSR count). The highest BCUT2D eigenvalue weighted by Gasteiger charge is 2.13. The fourth-order valence-electron chi connectivity index (χ4n) is 2.35. The van der Waals surface area contributed by atoms with Crippen LogP contribution in [-0.2, 0) is 12.8 Å². The molecule has 5 heteroatoms. The van der Waals surface area contributed by atoms with E-state index in [1.165, 1.54) is 0 Å². The number of anilines is 2. The zero-order chi connectivity index (χ0) is 15.2. The van der Waals surface area contributed by atoms with Crippen molar-refractivity contribution in [3.05, 3.63) is 41.1 Å². The molecule has 4 N–H and O–H groups in total. The summed E-state index contributed by atoms with van der Waals surface area (Å²) in [5, 5.41) is 0. The number of unbranched alkanes of at least 4 members (excludes halogenated alkanes) is 1. The third-order valence-electron chi connectivity index (χ3n) is 3.47. The minimum absolute atomic E-state index is 0.238. The number of aromatic nitrogens is 2. The van der Waals surface area contributed by atoms with Gasteiger partial charge in [-0.25, -0.2) is 4.98 Å². The highest BCUT2D eigenvalue weighted by atomic mass is 16.5. The first-order valence-corrected chi connectivity index (χ1v) is 7.18. The SMILES string of the molecule is CCCCc1nc(N)nc(N)c1Cc1ccccc1OC. The predicted molar refractivity (Wildman–Crippen MR) is 85.3 cm³/mol. The van der Waals surface area contributed by atoms with Gasteiger partial charge in [0.15, 0.2) is 0 Å². The van der Waals surface area contributed by atoms with Crippen molar-refractivity contribution >= 4 is 11.8 Å². The van der Waals surface area contributed by atoms with Gasteiger partial charge >= 0.3 is 0 Å². The second-order valence-corrected chi connectivity index (χ2v) is 4.98. The Bertz CT molecular complexity index is 613. The molecule has 0 unspecified atom stereocenters. The molecule has 0 aliphatic rings. The van der Waals surface area contributed by atoms with Gasteiger partial charge in [-0.2, -0.15) is 4.98 Å². The summed E-state index contributed by atoms with van der Waals surface area (Å²) in [7, 11) is 1.67. The van der Waals surface area contributed by atoms with Gasteiger partial charge in [-0.3, -0.25) is 0 Å². The van der Waals surface area contributed by atoms with Crippen LogP contribution >= 0.6 is 0 Å². The number of hydrogen-bond acceptors (Lipinski definition) is 5. The zero-order valence-corrected chi connectivity index (χ0v) is 12.6. The molecule has 0 saturated carbocycles. The quantitative estimate of drug-likeness (QED) is 0.852. The van der Waals surface area contributed by atoms with Crippen molar-refractivity contribution in [3.8, 4) is 5.75 Å². The zero-order valence-electron chi connectivity index (χ0n) is 12.6. The van der Waals surface area contributed by atoms with Crippen LogP contribution in [0.4, 0.5) is 11.8 Å². The van der Waals surface area contributed by atoms with E-state index >= 15 is 0 Å². The van der Waals surface area contributed by atoms with Crippen LogP contribution in [0.2, 0.25) is 0 Å². The monoisotopic (exact) mass is 286 g/mol. The van der Waals surface area contributed by atoms with Crippen molar-refractivity contribution in [1.29, 1.82) is 0 Å². The van der Waals surface area contributed by atoms with Crippen LogP contribution in [0.5, 0.6) is 5.75 Å². The molecule has 112 valence electrons. The Kier molecular flexibility index (Phi) is 4.98. The fraction of sp³-hybridized carbons (Fsp3) is 0.375. The molecule has 1 heterocycles. The fourth-order valence-corrected chi connectivity index (χ4v) is 2.35. The first-order chi connectivity index (χ1) is 10.2. The Morgan fingerprint density at radius 3 is 2.62 bits per heavy atom.